The predicted octanol–water partition coefficient (Wildman–Crippen LogP) is 4.78. The van der Waals surface area contributed by atoms with Gasteiger partial charge < -0.3 is 9.72 Å². The van der Waals surface area contributed by atoms with Gasteiger partial charge >= 0.3 is 0 Å². The van der Waals surface area contributed by atoms with Crippen molar-refractivity contribution in [3.8, 4) is 5.95 Å². The minimum absolute atomic E-state index is 0.220. The Kier molecular flexibility index (Phi) is 5.85. The summed E-state index contributed by atoms with van der Waals surface area (Å²) in [6.45, 7) is 5.67. The van der Waals surface area contributed by atoms with Crippen LogP contribution in [0.1, 0.15) is 33.1 Å². The number of hydrogen-bond acceptors (Lipinski definition) is 6. The first-order valence-corrected chi connectivity index (χ1v) is 11.8. The Morgan fingerprint density at radius 2 is 1.71 bits per heavy atom. The molecule has 0 aliphatic heterocycles. The molecule has 34 heavy (non-hydrogen) atoms. The molecule has 0 atom stereocenters. The van der Waals surface area contributed by atoms with Crippen LogP contribution < -0.4 is 5.32 Å². The van der Waals surface area contributed by atoms with Gasteiger partial charge in [-0.05, 0) is 63.2 Å². The van der Waals surface area contributed by atoms with E-state index in [1.54, 1.807) is 22.5 Å². The van der Waals surface area contributed by atoms with Crippen LogP contribution in [0.2, 0.25) is 0 Å². The number of pyridine rings is 1. The summed E-state index contributed by atoms with van der Waals surface area (Å²) in [6.07, 6.45) is 4.03. The number of aromatic nitrogens is 6. The molecule has 5 rings (SSSR count). The van der Waals surface area contributed by atoms with E-state index in [9.17, 15) is 4.79 Å². The van der Waals surface area contributed by atoms with Crippen molar-refractivity contribution in [1.82, 2.24) is 29.1 Å². The maximum atomic E-state index is 12.9. The van der Waals surface area contributed by atoms with Gasteiger partial charge in [-0.3, -0.25) is 4.79 Å². The molecule has 1 N–H and O–H groups in total. The van der Waals surface area contributed by atoms with Gasteiger partial charge in [-0.15, -0.1) is 11.8 Å². The van der Waals surface area contributed by atoms with Crippen molar-refractivity contribution in [1.29, 1.82) is 0 Å². The van der Waals surface area contributed by atoms with Gasteiger partial charge in [0.2, 0.25) is 0 Å². The van der Waals surface area contributed by atoms with Gasteiger partial charge in [-0.25, -0.2) is 15.0 Å². The van der Waals surface area contributed by atoms with Crippen molar-refractivity contribution in [3.63, 3.8) is 0 Å². The minimum Gasteiger partial charge on any atom is -0.307 e. The maximum Gasteiger partial charge on any atom is 0.256 e. The molecule has 4 aromatic heterocycles. The van der Waals surface area contributed by atoms with Crippen molar-refractivity contribution in [3.05, 3.63) is 95.3 Å². The number of amides is 1. The number of thioether (sulfide) groups is 1. The number of aryl methyl sites for hydroxylation is 3. The fourth-order valence-electron chi connectivity index (χ4n) is 3.65. The lowest BCUT2D eigenvalue weighted by atomic mass is 10.2. The van der Waals surface area contributed by atoms with Gasteiger partial charge in [-0.1, -0.05) is 6.07 Å². The van der Waals surface area contributed by atoms with E-state index in [4.69, 9.17) is 0 Å². The van der Waals surface area contributed by atoms with E-state index in [2.05, 4.69) is 25.4 Å². The van der Waals surface area contributed by atoms with E-state index in [1.807, 2.05) is 86.1 Å². The first-order chi connectivity index (χ1) is 16.4. The molecule has 0 radical (unpaired) electrons. The van der Waals surface area contributed by atoms with Crippen LogP contribution in [-0.2, 0) is 5.75 Å². The average Bonchev–Trinajstić information content (AvgIpc) is 3.40. The molecule has 5 aromatic rings. The molecule has 0 saturated heterocycles. The fraction of sp³-hybridized carbons (Fsp3) is 0.160. The van der Waals surface area contributed by atoms with E-state index in [-0.39, 0.29) is 5.91 Å². The third kappa shape index (κ3) is 4.69. The summed E-state index contributed by atoms with van der Waals surface area (Å²) in [5, 5.41) is 7.40. The SMILES string of the molecule is Cc1cc(C)nc(-n2nc(C)cc2NC(=O)c2ccc(SCc3cn4ccccc4n3)cc2)n1. The van der Waals surface area contributed by atoms with Crippen molar-refractivity contribution in [2.24, 2.45) is 0 Å². The molecule has 0 bridgehead atoms. The Morgan fingerprint density at radius 1 is 0.941 bits per heavy atom. The normalized spacial score (nSPS) is 11.1. The Balaban J connectivity index is 1.27. The number of anilines is 1. The van der Waals surface area contributed by atoms with Gasteiger partial charge in [0.05, 0.1) is 11.4 Å². The van der Waals surface area contributed by atoms with Crippen LogP contribution in [0.25, 0.3) is 11.6 Å². The van der Waals surface area contributed by atoms with Crippen LogP contribution in [0.5, 0.6) is 0 Å². The molecular formula is C25H23N7OS. The summed E-state index contributed by atoms with van der Waals surface area (Å²) in [6, 6.07) is 17.2. The average molecular weight is 470 g/mol. The molecule has 170 valence electrons. The summed E-state index contributed by atoms with van der Waals surface area (Å²) in [5.41, 5.74) is 4.94. The number of imidazole rings is 1. The number of carbonyl (C=O) groups excluding carboxylic acids is 1. The third-order valence-corrected chi connectivity index (χ3v) is 6.20. The van der Waals surface area contributed by atoms with Gasteiger partial charge in [0.25, 0.3) is 11.9 Å². The first-order valence-electron chi connectivity index (χ1n) is 10.8. The molecule has 0 saturated carbocycles. The predicted molar refractivity (Wildman–Crippen MR) is 133 cm³/mol. The largest absolute Gasteiger partial charge is 0.307 e. The number of fused-ring (bicyclic) bond motifs is 1. The number of hydrogen-bond donors (Lipinski definition) is 1. The lowest BCUT2D eigenvalue weighted by Crippen LogP contribution is -2.16. The highest BCUT2D eigenvalue weighted by atomic mass is 32.2. The molecule has 0 aliphatic rings. The standard InChI is InChI=1S/C25H23N7OS/c1-16-12-17(2)27-25(26-16)32-23(13-18(3)30-32)29-24(33)19-7-9-21(10-8-19)34-15-20-14-31-11-5-4-6-22(31)28-20/h4-14H,15H2,1-3H3,(H,29,33). The van der Waals surface area contributed by atoms with Crippen LogP contribution in [0, 0.1) is 20.8 Å². The Bertz CT molecular complexity index is 1430. The lowest BCUT2D eigenvalue weighted by molar-refractivity contribution is 0.102. The van der Waals surface area contributed by atoms with Crippen LogP contribution >= 0.6 is 11.8 Å². The second-order valence-electron chi connectivity index (χ2n) is 8.00. The van der Waals surface area contributed by atoms with Crippen molar-refractivity contribution in [2.45, 2.75) is 31.4 Å². The summed E-state index contributed by atoms with van der Waals surface area (Å²) >= 11 is 1.68. The number of benzene rings is 1. The topological polar surface area (TPSA) is 90.0 Å². The molecular weight excluding hydrogens is 446 g/mol. The van der Waals surface area contributed by atoms with Gasteiger partial charge in [-0.2, -0.15) is 9.78 Å². The summed E-state index contributed by atoms with van der Waals surface area (Å²) in [7, 11) is 0. The molecule has 8 nitrogen and oxygen atoms in total. The monoisotopic (exact) mass is 469 g/mol. The summed E-state index contributed by atoms with van der Waals surface area (Å²) in [4.78, 5) is 27.5. The molecule has 0 aliphatic carbocycles. The molecule has 0 fully saturated rings. The van der Waals surface area contributed by atoms with Crippen molar-refractivity contribution in [2.75, 3.05) is 5.32 Å². The lowest BCUT2D eigenvalue weighted by Gasteiger charge is -2.09. The second-order valence-corrected chi connectivity index (χ2v) is 9.05. The smallest absolute Gasteiger partial charge is 0.256 e. The van der Waals surface area contributed by atoms with Crippen LogP contribution in [0.3, 0.4) is 0 Å². The van der Waals surface area contributed by atoms with Crippen LogP contribution in [-0.4, -0.2) is 35.0 Å². The van der Waals surface area contributed by atoms with E-state index in [0.29, 0.717) is 17.3 Å². The zero-order chi connectivity index (χ0) is 23.7. The molecule has 1 amide bonds. The highest BCUT2D eigenvalue weighted by Gasteiger charge is 2.15. The quantitative estimate of drug-likeness (QED) is 0.360. The molecule has 1 aromatic carbocycles. The summed E-state index contributed by atoms with van der Waals surface area (Å²) < 4.78 is 3.57. The number of nitrogens with zero attached hydrogens (tertiary/aromatic N) is 6. The van der Waals surface area contributed by atoms with Gasteiger partial charge in [0, 0.05) is 46.1 Å². The van der Waals surface area contributed by atoms with Crippen LogP contribution in [0.4, 0.5) is 5.82 Å². The van der Waals surface area contributed by atoms with E-state index in [1.165, 1.54) is 0 Å². The van der Waals surface area contributed by atoms with Crippen molar-refractivity contribution < 1.29 is 4.79 Å². The zero-order valence-electron chi connectivity index (χ0n) is 19.1. The fourth-order valence-corrected chi connectivity index (χ4v) is 4.43. The minimum atomic E-state index is -0.220. The molecule has 9 heteroatoms. The van der Waals surface area contributed by atoms with E-state index >= 15 is 0 Å². The molecule has 0 spiro atoms. The Labute approximate surface area is 201 Å². The summed E-state index contributed by atoms with van der Waals surface area (Å²) in [5.74, 6) is 1.49. The zero-order valence-corrected chi connectivity index (χ0v) is 19.9. The number of nitrogens with one attached hydrogen (secondary N) is 1. The highest BCUT2D eigenvalue weighted by molar-refractivity contribution is 7.98. The van der Waals surface area contributed by atoms with E-state index < -0.39 is 0 Å². The van der Waals surface area contributed by atoms with Gasteiger partial charge in [0.15, 0.2) is 0 Å². The maximum absolute atomic E-state index is 12.9. The number of carbonyl (C=O) groups is 1. The van der Waals surface area contributed by atoms with Gasteiger partial charge in [0.1, 0.15) is 11.5 Å². The first kappa shape index (κ1) is 21.8. The second kappa shape index (κ2) is 9.11. The Morgan fingerprint density at radius 3 is 2.44 bits per heavy atom. The number of rotatable bonds is 6. The Hall–Kier alpha value is -3.98. The molecule has 4 heterocycles. The molecule has 0 unspecified atom stereocenters. The van der Waals surface area contributed by atoms with Crippen LogP contribution in [0.15, 0.2) is 71.9 Å². The third-order valence-electron chi connectivity index (χ3n) is 5.15. The van der Waals surface area contributed by atoms with Crippen molar-refractivity contribution >= 4 is 29.1 Å². The highest BCUT2D eigenvalue weighted by Crippen LogP contribution is 2.24. The van der Waals surface area contributed by atoms with E-state index in [0.717, 1.165) is 39.1 Å².